The summed E-state index contributed by atoms with van der Waals surface area (Å²) in [6, 6.07) is 1.11. The van der Waals surface area contributed by atoms with Crippen molar-refractivity contribution in [1.29, 1.82) is 0 Å². The zero-order valence-electron chi connectivity index (χ0n) is 6.27. The molecule has 0 aliphatic carbocycles. The lowest BCUT2D eigenvalue weighted by Crippen LogP contribution is -2.36. The summed E-state index contributed by atoms with van der Waals surface area (Å²) < 4.78 is 0. The fraction of sp³-hybridized carbons (Fsp3) is 1.00. The summed E-state index contributed by atoms with van der Waals surface area (Å²) >= 11 is 0. The Kier molecular flexibility index (Phi) is 6.35. The number of nitrogens with two attached hydrogens (primary N) is 2. The molecule has 2 nitrogen and oxygen atoms in total. The maximum atomic E-state index is 5.49. The Morgan fingerprint density at radius 1 is 1.11 bits per heavy atom. The zero-order valence-corrected chi connectivity index (χ0v) is 7.42. The van der Waals surface area contributed by atoms with Gasteiger partial charge in [-0.3, -0.25) is 0 Å². The van der Waals surface area contributed by atoms with E-state index in [1.165, 1.54) is 25.7 Å². The number of unbranched alkanes of at least 4 members (excludes halogenated alkanes) is 3. The maximum Gasteiger partial charge on any atom is 0.179 e. The molecule has 0 amide bonds. The van der Waals surface area contributed by atoms with Crippen molar-refractivity contribution in [3.05, 3.63) is 0 Å². The number of hydrogen-bond acceptors (Lipinski definition) is 2. The van der Waals surface area contributed by atoms with Crippen LogP contribution in [0.5, 0.6) is 0 Å². The normalized spacial score (nSPS) is 10.7. The van der Waals surface area contributed by atoms with Crippen LogP contribution in [-0.4, -0.2) is 9.12 Å². The molecule has 0 spiro atoms. The second-order valence-electron chi connectivity index (χ2n) is 2.51. The van der Waals surface area contributed by atoms with E-state index in [1.807, 2.05) is 0 Å². The van der Waals surface area contributed by atoms with Gasteiger partial charge >= 0.3 is 0 Å². The van der Waals surface area contributed by atoms with Crippen molar-refractivity contribution in [3.8, 4) is 0 Å². The maximum absolute atomic E-state index is 5.49. The van der Waals surface area contributed by atoms with Crippen molar-refractivity contribution < 1.29 is 0 Å². The first-order valence-electron chi connectivity index (χ1n) is 3.78. The molecule has 0 saturated heterocycles. The molecule has 0 aromatic rings. The van der Waals surface area contributed by atoms with Gasteiger partial charge in [0.15, 0.2) is 9.12 Å². The van der Waals surface area contributed by atoms with E-state index in [0.717, 1.165) is 6.04 Å². The van der Waals surface area contributed by atoms with E-state index in [0.29, 0.717) is 0 Å². The molecule has 0 aromatic heterocycles. The van der Waals surface area contributed by atoms with Crippen molar-refractivity contribution in [1.82, 2.24) is 0 Å². The minimum absolute atomic E-state index is 1.11. The van der Waals surface area contributed by atoms with Gasteiger partial charge in [0.1, 0.15) is 0 Å². The van der Waals surface area contributed by atoms with E-state index in [4.69, 9.17) is 10.8 Å². The summed E-state index contributed by atoms with van der Waals surface area (Å²) in [7, 11) is -1.21. The molecule has 0 radical (unpaired) electrons. The average Bonchev–Trinajstić information content (AvgIpc) is 1.80. The van der Waals surface area contributed by atoms with E-state index in [1.54, 1.807) is 0 Å². The fourth-order valence-electron chi connectivity index (χ4n) is 0.807. The second-order valence-corrected chi connectivity index (χ2v) is 4.42. The smallest absolute Gasteiger partial charge is 0.179 e. The van der Waals surface area contributed by atoms with E-state index in [-0.39, 0.29) is 0 Å². The Balaban J connectivity index is 2.75. The van der Waals surface area contributed by atoms with Crippen LogP contribution in [0, 0.1) is 0 Å². The Bertz CT molecular complexity index is 57.0. The van der Waals surface area contributed by atoms with Crippen LogP contribution in [0.15, 0.2) is 0 Å². The molecule has 0 heterocycles. The summed E-state index contributed by atoms with van der Waals surface area (Å²) in [5.74, 6) is 0. The molecule has 0 unspecified atom stereocenters. The Morgan fingerprint density at radius 3 is 2.22 bits per heavy atom. The van der Waals surface area contributed by atoms with Crippen LogP contribution >= 0.6 is 0 Å². The van der Waals surface area contributed by atoms with Crippen LogP contribution in [0.1, 0.15) is 32.6 Å². The predicted molar refractivity (Wildman–Crippen MR) is 44.5 cm³/mol. The van der Waals surface area contributed by atoms with Gasteiger partial charge in [-0.15, -0.1) is 0 Å². The Morgan fingerprint density at radius 2 is 1.78 bits per heavy atom. The molecular formula is C6H18N2Si. The van der Waals surface area contributed by atoms with Gasteiger partial charge in [0.05, 0.1) is 0 Å². The molecule has 0 atom stereocenters. The third-order valence-corrected chi connectivity index (χ3v) is 2.47. The average molecular weight is 146 g/mol. The van der Waals surface area contributed by atoms with Crippen molar-refractivity contribution in [3.63, 3.8) is 0 Å². The number of hydrogen-bond donors (Lipinski definition) is 2. The lowest BCUT2D eigenvalue weighted by atomic mass is 10.2. The van der Waals surface area contributed by atoms with Crippen molar-refractivity contribution >= 4 is 9.12 Å². The molecule has 0 aliphatic rings. The Hall–Kier alpha value is 0.137. The van der Waals surface area contributed by atoms with Gasteiger partial charge in [0, 0.05) is 0 Å². The van der Waals surface area contributed by atoms with Crippen molar-refractivity contribution in [2.24, 2.45) is 10.8 Å². The summed E-state index contributed by atoms with van der Waals surface area (Å²) in [5, 5.41) is 11.0. The van der Waals surface area contributed by atoms with Gasteiger partial charge in [-0.05, 0) is 6.04 Å². The van der Waals surface area contributed by atoms with Gasteiger partial charge in [-0.1, -0.05) is 32.6 Å². The summed E-state index contributed by atoms with van der Waals surface area (Å²) in [4.78, 5) is 0. The van der Waals surface area contributed by atoms with Gasteiger partial charge in [-0.2, -0.15) is 0 Å². The first kappa shape index (κ1) is 9.14. The van der Waals surface area contributed by atoms with E-state index in [2.05, 4.69) is 6.92 Å². The van der Waals surface area contributed by atoms with Crippen LogP contribution in [-0.2, 0) is 0 Å². The van der Waals surface area contributed by atoms with E-state index < -0.39 is 9.12 Å². The molecule has 0 saturated carbocycles. The predicted octanol–water partition coefficient (Wildman–Crippen LogP) is 0.705. The van der Waals surface area contributed by atoms with Gasteiger partial charge in [-0.25, -0.2) is 0 Å². The van der Waals surface area contributed by atoms with Crippen molar-refractivity contribution in [2.45, 2.75) is 38.7 Å². The topological polar surface area (TPSA) is 52.0 Å². The van der Waals surface area contributed by atoms with E-state index >= 15 is 0 Å². The molecule has 0 aromatic carbocycles. The highest BCUT2D eigenvalue weighted by atomic mass is 28.3. The van der Waals surface area contributed by atoms with Crippen molar-refractivity contribution in [2.75, 3.05) is 0 Å². The molecule has 0 rings (SSSR count). The highest BCUT2D eigenvalue weighted by molar-refractivity contribution is 6.51. The van der Waals surface area contributed by atoms with Gasteiger partial charge < -0.3 is 10.8 Å². The first-order chi connectivity index (χ1) is 4.27. The standard InChI is InChI=1S/C6H18N2Si/c1-2-3-4-5-6-9(7)8/h9H,2-8H2,1H3. The van der Waals surface area contributed by atoms with Gasteiger partial charge in [0.2, 0.25) is 0 Å². The molecule has 9 heavy (non-hydrogen) atoms. The molecule has 56 valence electrons. The fourth-order valence-corrected chi connectivity index (χ4v) is 1.57. The minimum Gasteiger partial charge on any atom is -0.342 e. The molecule has 4 N–H and O–H groups in total. The lowest BCUT2D eigenvalue weighted by Gasteiger charge is -2.00. The molecular weight excluding hydrogens is 128 g/mol. The molecule has 0 bridgehead atoms. The second kappa shape index (κ2) is 6.26. The third-order valence-electron chi connectivity index (χ3n) is 1.39. The van der Waals surface area contributed by atoms with Crippen LogP contribution < -0.4 is 10.8 Å². The molecule has 3 heteroatoms. The van der Waals surface area contributed by atoms with Crippen LogP contribution in [0.4, 0.5) is 0 Å². The monoisotopic (exact) mass is 146 g/mol. The SMILES string of the molecule is CCCCCC[SiH](N)N. The summed E-state index contributed by atoms with van der Waals surface area (Å²) in [6.45, 7) is 2.21. The highest BCUT2D eigenvalue weighted by Crippen LogP contribution is 2.01. The third kappa shape index (κ3) is 8.14. The summed E-state index contributed by atoms with van der Waals surface area (Å²) in [6.07, 6.45) is 5.19. The quantitative estimate of drug-likeness (QED) is 0.443. The van der Waals surface area contributed by atoms with E-state index in [9.17, 15) is 0 Å². The highest BCUT2D eigenvalue weighted by Gasteiger charge is 1.94. The van der Waals surface area contributed by atoms with Crippen LogP contribution in [0.25, 0.3) is 0 Å². The zero-order chi connectivity index (χ0) is 7.11. The van der Waals surface area contributed by atoms with Crippen LogP contribution in [0.3, 0.4) is 0 Å². The Labute approximate surface area is 59.4 Å². The number of rotatable bonds is 5. The molecule has 0 aliphatic heterocycles. The minimum atomic E-state index is -1.21. The van der Waals surface area contributed by atoms with Crippen LogP contribution in [0.2, 0.25) is 6.04 Å². The summed E-state index contributed by atoms with van der Waals surface area (Å²) in [5.41, 5.74) is 0. The molecule has 0 fully saturated rings. The van der Waals surface area contributed by atoms with Gasteiger partial charge in [0.25, 0.3) is 0 Å². The largest absolute Gasteiger partial charge is 0.342 e. The first-order valence-corrected chi connectivity index (χ1v) is 5.93. The lowest BCUT2D eigenvalue weighted by molar-refractivity contribution is 0.698.